The predicted octanol–water partition coefficient (Wildman–Crippen LogP) is 1.78. The van der Waals surface area contributed by atoms with Gasteiger partial charge in [0, 0.05) is 12.3 Å². The molecule has 0 saturated carbocycles. The van der Waals surface area contributed by atoms with Gasteiger partial charge in [0.2, 0.25) is 5.88 Å². The Morgan fingerprint density at radius 2 is 2.41 bits per heavy atom. The number of rotatable bonds is 3. The lowest BCUT2D eigenvalue weighted by Crippen LogP contribution is -2.34. The molecule has 2 aromatic rings. The molecule has 1 fully saturated rings. The van der Waals surface area contributed by atoms with Crippen LogP contribution in [-0.4, -0.2) is 23.8 Å². The number of pyridine rings is 1. The average molecular weight is 231 g/mol. The zero-order valence-electron chi connectivity index (χ0n) is 9.51. The van der Waals surface area contributed by atoms with Crippen molar-refractivity contribution in [2.45, 2.75) is 12.5 Å². The molecule has 1 aliphatic rings. The van der Waals surface area contributed by atoms with E-state index in [0.29, 0.717) is 11.9 Å². The van der Waals surface area contributed by atoms with Crippen molar-refractivity contribution in [3.05, 3.63) is 30.2 Å². The third-order valence-corrected chi connectivity index (χ3v) is 2.94. The second kappa shape index (κ2) is 4.18. The molecule has 88 valence electrons. The highest BCUT2D eigenvalue weighted by Crippen LogP contribution is 2.30. The van der Waals surface area contributed by atoms with Gasteiger partial charge in [-0.2, -0.15) is 0 Å². The molecule has 3 rings (SSSR count). The van der Waals surface area contributed by atoms with Crippen LogP contribution in [0.4, 0.5) is 0 Å². The van der Waals surface area contributed by atoms with Crippen molar-refractivity contribution in [1.29, 1.82) is 0 Å². The van der Waals surface area contributed by atoms with Gasteiger partial charge in [0.25, 0.3) is 0 Å². The summed E-state index contributed by atoms with van der Waals surface area (Å²) in [5, 5.41) is 7.34. The Morgan fingerprint density at radius 1 is 1.53 bits per heavy atom. The van der Waals surface area contributed by atoms with E-state index in [2.05, 4.69) is 15.5 Å². The summed E-state index contributed by atoms with van der Waals surface area (Å²) in [6.45, 7) is 1.04. The zero-order chi connectivity index (χ0) is 11.7. The SMILES string of the molecule is COc1ncccc1-c1cc(C2CCN2)on1. The Kier molecular flexibility index (Phi) is 2.53. The Balaban J connectivity index is 1.94. The molecule has 0 bridgehead atoms. The Bertz CT molecular complexity index is 520. The van der Waals surface area contributed by atoms with Crippen molar-refractivity contribution in [2.75, 3.05) is 13.7 Å². The van der Waals surface area contributed by atoms with Crippen molar-refractivity contribution in [3.63, 3.8) is 0 Å². The van der Waals surface area contributed by atoms with Gasteiger partial charge in [-0.25, -0.2) is 4.98 Å². The van der Waals surface area contributed by atoms with Crippen molar-refractivity contribution in [3.8, 4) is 17.1 Å². The van der Waals surface area contributed by atoms with Crippen LogP contribution in [0.5, 0.6) is 5.88 Å². The zero-order valence-corrected chi connectivity index (χ0v) is 9.51. The summed E-state index contributed by atoms with van der Waals surface area (Å²) in [6.07, 6.45) is 2.79. The van der Waals surface area contributed by atoms with Crippen LogP contribution in [0.25, 0.3) is 11.3 Å². The molecular weight excluding hydrogens is 218 g/mol. The minimum Gasteiger partial charge on any atom is -0.481 e. The highest BCUT2D eigenvalue weighted by Gasteiger charge is 2.23. The largest absolute Gasteiger partial charge is 0.481 e. The predicted molar refractivity (Wildman–Crippen MR) is 61.6 cm³/mol. The van der Waals surface area contributed by atoms with E-state index in [1.807, 2.05) is 18.2 Å². The van der Waals surface area contributed by atoms with Gasteiger partial charge in [0.15, 0.2) is 5.76 Å². The normalized spacial score (nSPS) is 18.8. The number of aromatic nitrogens is 2. The van der Waals surface area contributed by atoms with Crippen LogP contribution in [0, 0.1) is 0 Å². The van der Waals surface area contributed by atoms with Crippen LogP contribution in [-0.2, 0) is 0 Å². The van der Waals surface area contributed by atoms with Gasteiger partial charge >= 0.3 is 0 Å². The molecule has 1 aliphatic heterocycles. The molecule has 1 N–H and O–H groups in total. The number of nitrogens with zero attached hydrogens (tertiary/aromatic N) is 2. The first kappa shape index (κ1) is 10.3. The van der Waals surface area contributed by atoms with Gasteiger partial charge in [0.1, 0.15) is 5.69 Å². The molecule has 5 heteroatoms. The number of methoxy groups -OCH3 is 1. The summed E-state index contributed by atoms with van der Waals surface area (Å²) in [7, 11) is 1.60. The first-order chi connectivity index (χ1) is 8.38. The maximum absolute atomic E-state index is 5.33. The molecule has 3 heterocycles. The third-order valence-electron chi connectivity index (χ3n) is 2.94. The van der Waals surface area contributed by atoms with Gasteiger partial charge in [0.05, 0.1) is 18.7 Å². The van der Waals surface area contributed by atoms with E-state index in [1.165, 1.54) is 0 Å². The topological polar surface area (TPSA) is 60.2 Å². The van der Waals surface area contributed by atoms with Crippen LogP contribution in [0.2, 0.25) is 0 Å². The molecule has 5 nitrogen and oxygen atoms in total. The Hall–Kier alpha value is -1.88. The third kappa shape index (κ3) is 1.78. The summed E-state index contributed by atoms with van der Waals surface area (Å²) in [5.41, 5.74) is 1.61. The van der Waals surface area contributed by atoms with E-state index < -0.39 is 0 Å². The Morgan fingerprint density at radius 3 is 3.12 bits per heavy atom. The monoisotopic (exact) mass is 231 g/mol. The summed E-state index contributed by atoms with van der Waals surface area (Å²) < 4.78 is 10.5. The van der Waals surface area contributed by atoms with E-state index in [-0.39, 0.29) is 0 Å². The molecule has 1 saturated heterocycles. The van der Waals surface area contributed by atoms with Crippen molar-refractivity contribution in [1.82, 2.24) is 15.5 Å². The average Bonchev–Trinajstić information content (AvgIpc) is 2.76. The first-order valence-electron chi connectivity index (χ1n) is 5.58. The molecule has 0 aromatic carbocycles. The molecule has 1 unspecified atom stereocenters. The summed E-state index contributed by atoms with van der Waals surface area (Å²) >= 11 is 0. The summed E-state index contributed by atoms with van der Waals surface area (Å²) in [6, 6.07) is 6.02. The van der Waals surface area contributed by atoms with Crippen LogP contribution in [0.15, 0.2) is 28.9 Å². The smallest absolute Gasteiger partial charge is 0.222 e. The maximum atomic E-state index is 5.33. The molecule has 0 spiro atoms. The van der Waals surface area contributed by atoms with Crippen molar-refractivity contribution in [2.24, 2.45) is 0 Å². The van der Waals surface area contributed by atoms with Gasteiger partial charge in [-0.05, 0) is 25.1 Å². The second-order valence-electron chi connectivity index (χ2n) is 3.97. The van der Waals surface area contributed by atoms with Crippen molar-refractivity contribution < 1.29 is 9.26 Å². The van der Waals surface area contributed by atoms with E-state index >= 15 is 0 Å². The minimum absolute atomic E-state index is 0.305. The number of ether oxygens (including phenoxy) is 1. The lowest BCUT2D eigenvalue weighted by atomic mass is 10.0. The second-order valence-corrected chi connectivity index (χ2v) is 3.97. The minimum atomic E-state index is 0.305. The van der Waals surface area contributed by atoms with Gasteiger partial charge in [-0.15, -0.1) is 0 Å². The summed E-state index contributed by atoms with van der Waals surface area (Å²) in [4.78, 5) is 4.14. The van der Waals surface area contributed by atoms with Gasteiger partial charge in [-0.1, -0.05) is 5.16 Å². The quantitative estimate of drug-likeness (QED) is 0.872. The first-order valence-corrected chi connectivity index (χ1v) is 5.58. The van der Waals surface area contributed by atoms with E-state index in [4.69, 9.17) is 9.26 Å². The van der Waals surface area contributed by atoms with Crippen LogP contribution >= 0.6 is 0 Å². The number of hydrogen-bond acceptors (Lipinski definition) is 5. The number of hydrogen-bond donors (Lipinski definition) is 1. The maximum Gasteiger partial charge on any atom is 0.222 e. The van der Waals surface area contributed by atoms with Gasteiger partial charge < -0.3 is 14.6 Å². The molecule has 2 aromatic heterocycles. The van der Waals surface area contributed by atoms with Gasteiger partial charge in [-0.3, -0.25) is 0 Å². The van der Waals surface area contributed by atoms with E-state index in [0.717, 1.165) is 30.0 Å². The fraction of sp³-hybridized carbons (Fsp3) is 0.333. The molecule has 0 amide bonds. The molecule has 17 heavy (non-hydrogen) atoms. The molecule has 0 radical (unpaired) electrons. The highest BCUT2D eigenvalue weighted by atomic mass is 16.5. The van der Waals surface area contributed by atoms with Crippen LogP contribution < -0.4 is 10.1 Å². The summed E-state index contributed by atoms with van der Waals surface area (Å²) in [5.74, 6) is 1.44. The standard InChI is InChI=1S/C12H13N3O2/c1-16-12-8(3-2-5-14-12)10-7-11(17-15-10)9-4-6-13-9/h2-3,5,7,9,13H,4,6H2,1H3. The lowest BCUT2D eigenvalue weighted by Gasteiger charge is -2.24. The lowest BCUT2D eigenvalue weighted by molar-refractivity contribution is 0.282. The van der Waals surface area contributed by atoms with Crippen LogP contribution in [0.3, 0.4) is 0 Å². The molecular formula is C12H13N3O2. The fourth-order valence-electron chi connectivity index (χ4n) is 1.86. The number of nitrogens with one attached hydrogen (secondary N) is 1. The van der Waals surface area contributed by atoms with E-state index in [9.17, 15) is 0 Å². The molecule has 1 atom stereocenters. The van der Waals surface area contributed by atoms with Crippen LogP contribution in [0.1, 0.15) is 18.2 Å². The Labute approximate surface area is 98.8 Å². The van der Waals surface area contributed by atoms with E-state index in [1.54, 1.807) is 13.3 Å². The van der Waals surface area contributed by atoms with Crippen molar-refractivity contribution >= 4 is 0 Å². The highest BCUT2D eigenvalue weighted by molar-refractivity contribution is 5.64. The fourth-order valence-corrected chi connectivity index (χ4v) is 1.86. The molecule has 0 aliphatic carbocycles.